The van der Waals surface area contributed by atoms with Crippen molar-refractivity contribution in [3.05, 3.63) is 85.0 Å². The number of hydrogen-bond acceptors (Lipinski definition) is 11. The number of ether oxygens (including phenoxy) is 1. The van der Waals surface area contributed by atoms with Crippen LogP contribution in [0.15, 0.2) is 50.4 Å². The number of nitrogens with one attached hydrogen (secondary N) is 1. The lowest BCUT2D eigenvalue weighted by atomic mass is 10.0. The number of aromatic nitrogens is 3. The van der Waals surface area contributed by atoms with Crippen LogP contribution in [0.5, 0.6) is 0 Å². The van der Waals surface area contributed by atoms with Gasteiger partial charge in [0.15, 0.2) is 27.1 Å². The van der Waals surface area contributed by atoms with Gasteiger partial charge in [-0.15, -0.1) is 0 Å². The highest BCUT2D eigenvalue weighted by Crippen LogP contribution is 2.43. The maximum atomic E-state index is 14.3. The van der Waals surface area contributed by atoms with Gasteiger partial charge in [0.05, 0.1) is 50.6 Å². The summed E-state index contributed by atoms with van der Waals surface area (Å²) in [5.74, 6) is -2.54. The van der Waals surface area contributed by atoms with Gasteiger partial charge in [-0.1, -0.05) is 28.4 Å². The Labute approximate surface area is 334 Å². The fourth-order valence-corrected chi connectivity index (χ4v) is 7.19. The third kappa shape index (κ3) is 12.9. The number of carboxylic acid groups (broad SMARTS) is 1. The van der Waals surface area contributed by atoms with Crippen molar-refractivity contribution in [2.45, 2.75) is 49.8 Å². The molecule has 5 rings (SSSR count). The van der Waals surface area contributed by atoms with Gasteiger partial charge in [-0.05, 0) is 73.0 Å². The van der Waals surface area contributed by atoms with Crippen LogP contribution in [0.25, 0.3) is 11.3 Å². The Hall–Kier alpha value is -3.69. The van der Waals surface area contributed by atoms with Crippen molar-refractivity contribution in [3.8, 4) is 11.3 Å². The molecule has 0 aliphatic heterocycles. The van der Waals surface area contributed by atoms with Gasteiger partial charge in [-0.25, -0.2) is 17.6 Å². The Morgan fingerprint density at radius 2 is 1.75 bits per heavy atom. The quantitative estimate of drug-likeness (QED) is 0.0522. The molecule has 15 nitrogen and oxygen atoms in total. The zero-order valence-electron chi connectivity index (χ0n) is 29.4. The number of esters is 1. The van der Waals surface area contributed by atoms with Gasteiger partial charge < -0.3 is 24.2 Å². The number of carboxylic acids is 1. The van der Waals surface area contributed by atoms with Gasteiger partial charge in [0.1, 0.15) is 11.5 Å². The third-order valence-electron chi connectivity index (χ3n) is 7.11. The van der Waals surface area contributed by atoms with Crippen molar-refractivity contribution >= 4 is 74.3 Å². The maximum absolute atomic E-state index is 14.3. The molecule has 0 bridgehead atoms. The number of carbonyl (C=O) groups is 3. The SMILES string of the molecule is CC(C)OC(=O)c1cc(-c2nn(C)c(C(F)(F)F)c2Br)c(F)cc1Cl.CS(=O)(=O)c1cc(Cl)ccc1C(=O)c1cnoc1C1CC1.O=C(O)CNCP(=O)(O)O. The van der Waals surface area contributed by atoms with E-state index in [1.807, 2.05) is 0 Å². The normalized spacial score (nSPS) is 13.0. The third-order valence-corrected chi connectivity index (χ3v) is 10.2. The van der Waals surface area contributed by atoms with Gasteiger partial charge >= 0.3 is 25.7 Å². The van der Waals surface area contributed by atoms with Crippen LogP contribution in [0.3, 0.4) is 0 Å². The fraction of sp³-hybridized carbons (Fsp3) is 0.344. The molecular formula is C32H32BrCl2F4N4O11PS. The monoisotopic (exact) mass is 936 g/mol. The van der Waals surface area contributed by atoms with E-state index in [-0.39, 0.29) is 43.2 Å². The molecule has 0 unspecified atom stereocenters. The lowest BCUT2D eigenvalue weighted by molar-refractivity contribution is -0.144. The molecule has 1 fully saturated rings. The van der Waals surface area contributed by atoms with E-state index in [1.165, 1.54) is 24.4 Å². The molecule has 0 saturated heterocycles. The molecule has 4 aromatic rings. The van der Waals surface area contributed by atoms with Crippen molar-refractivity contribution in [3.63, 3.8) is 0 Å². The van der Waals surface area contributed by atoms with Gasteiger partial charge in [-0.3, -0.25) is 24.2 Å². The summed E-state index contributed by atoms with van der Waals surface area (Å²) in [6.07, 6.45) is -1.44. The molecule has 2 heterocycles. The molecule has 0 amide bonds. The minimum atomic E-state index is -4.69. The van der Waals surface area contributed by atoms with Crippen molar-refractivity contribution in [2.24, 2.45) is 7.05 Å². The van der Waals surface area contributed by atoms with E-state index in [0.29, 0.717) is 16.0 Å². The largest absolute Gasteiger partial charge is 0.480 e. The van der Waals surface area contributed by atoms with E-state index in [9.17, 15) is 44.9 Å². The summed E-state index contributed by atoms with van der Waals surface area (Å²) in [6.45, 7) is 2.79. The first-order chi connectivity index (χ1) is 25.7. The van der Waals surface area contributed by atoms with Crippen LogP contribution in [-0.4, -0.2) is 81.2 Å². The Bertz CT molecular complexity index is 2280. The molecule has 1 aliphatic carbocycles. The number of carbonyl (C=O) groups excluding carboxylic acids is 2. The predicted molar refractivity (Wildman–Crippen MR) is 196 cm³/mol. The summed E-state index contributed by atoms with van der Waals surface area (Å²) >= 11 is 14.5. The van der Waals surface area contributed by atoms with Crippen molar-refractivity contribution < 1.29 is 69.1 Å². The van der Waals surface area contributed by atoms with Crippen molar-refractivity contribution in [2.75, 3.05) is 19.1 Å². The van der Waals surface area contributed by atoms with Crippen LogP contribution >= 0.6 is 46.7 Å². The first kappa shape index (κ1) is 46.7. The van der Waals surface area contributed by atoms with Gasteiger partial charge in [0.2, 0.25) is 0 Å². The highest BCUT2D eigenvalue weighted by molar-refractivity contribution is 9.10. The molecule has 2 aromatic carbocycles. The Kier molecular flexibility index (Phi) is 15.6. The number of halogens is 7. The van der Waals surface area contributed by atoms with Crippen LogP contribution in [0, 0.1) is 5.82 Å². The standard InChI is InChI=1S/C15H12BrClF4N2O2.C14H12ClNO4S.C3H8NO5P/c1-6(2)25-14(24)7-4-8(10(18)5-9(7)17)12-11(16)13(15(19,20)21)23(3)22-12;1-21(18,19)12-6-9(15)4-5-10(12)13(17)11-7-16-20-14(11)8-2-3-8;5-3(6)1-4-2-10(7,8)9/h4-6H,1-3H3;4-8H,2-3H2,1H3;4H,1-2H2,(H,5,6)(H2,7,8,9). The minimum absolute atomic E-state index is 0.0806. The number of hydrogen-bond donors (Lipinski definition) is 4. The molecule has 56 heavy (non-hydrogen) atoms. The predicted octanol–water partition coefficient (Wildman–Crippen LogP) is 6.86. The van der Waals surface area contributed by atoms with E-state index in [0.717, 1.165) is 38.3 Å². The maximum Gasteiger partial charge on any atom is 0.434 e. The number of sulfone groups is 1. The van der Waals surface area contributed by atoms with Gasteiger partial charge in [0.25, 0.3) is 0 Å². The fourth-order valence-electron chi connectivity index (χ4n) is 4.65. The highest BCUT2D eigenvalue weighted by atomic mass is 79.9. The number of benzene rings is 2. The molecule has 1 saturated carbocycles. The number of alkyl halides is 3. The Morgan fingerprint density at radius 3 is 2.25 bits per heavy atom. The average Bonchev–Trinajstić information content (AvgIpc) is 3.68. The van der Waals surface area contributed by atoms with E-state index >= 15 is 0 Å². The van der Waals surface area contributed by atoms with Crippen LogP contribution in [0.2, 0.25) is 10.0 Å². The summed E-state index contributed by atoms with van der Waals surface area (Å²) in [5.41, 5.74) is -1.45. The summed E-state index contributed by atoms with van der Waals surface area (Å²) in [7, 11) is -6.58. The highest BCUT2D eigenvalue weighted by Gasteiger charge is 2.39. The van der Waals surface area contributed by atoms with Gasteiger partial charge in [0, 0.05) is 35.4 Å². The second-order valence-corrected chi connectivity index (χ2v) is 17.4. The first-order valence-electron chi connectivity index (χ1n) is 15.7. The zero-order valence-corrected chi connectivity index (χ0v) is 34.2. The van der Waals surface area contributed by atoms with Crippen LogP contribution in [0.4, 0.5) is 17.6 Å². The molecule has 306 valence electrons. The van der Waals surface area contributed by atoms with Crippen LogP contribution < -0.4 is 5.32 Å². The van der Waals surface area contributed by atoms with Crippen molar-refractivity contribution in [1.29, 1.82) is 0 Å². The average molecular weight is 938 g/mol. The second kappa shape index (κ2) is 18.7. The molecule has 0 radical (unpaired) electrons. The second-order valence-electron chi connectivity index (χ2n) is 12.2. The number of rotatable bonds is 11. The summed E-state index contributed by atoms with van der Waals surface area (Å²) in [6, 6.07) is 6.06. The van der Waals surface area contributed by atoms with E-state index in [2.05, 4.69) is 31.5 Å². The van der Waals surface area contributed by atoms with Crippen LogP contribution in [0.1, 0.15) is 70.3 Å². The number of aryl methyl sites for hydroxylation is 1. The van der Waals surface area contributed by atoms with Crippen LogP contribution in [-0.2, 0) is 37.2 Å². The number of aliphatic carboxylic acids is 1. The summed E-state index contributed by atoms with van der Waals surface area (Å²) < 4.78 is 97.5. The number of nitrogens with zero attached hydrogens (tertiary/aromatic N) is 3. The zero-order chi connectivity index (χ0) is 42.5. The van der Waals surface area contributed by atoms with Gasteiger partial charge in [-0.2, -0.15) is 18.3 Å². The topological polar surface area (TPSA) is 228 Å². The lowest BCUT2D eigenvalue weighted by Crippen LogP contribution is -2.23. The summed E-state index contributed by atoms with van der Waals surface area (Å²) in [4.78, 5) is 50.7. The molecule has 0 atom stereocenters. The molecule has 2 aromatic heterocycles. The molecule has 24 heteroatoms. The minimum Gasteiger partial charge on any atom is -0.480 e. The Morgan fingerprint density at radius 1 is 1.12 bits per heavy atom. The van der Waals surface area contributed by atoms with Crippen molar-refractivity contribution in [1.82, 2.24) is 20.3 Å². The van der Waals surface area contributed by atoms with E-state index in [4.69, 9.17) is 47.4 Å². The lowest BCUT2D eigenvalue weighted by Gasteiger charge is -2.11. The smallest absolute Gasteiger partial charge is 0.434 e. The molecule has 4 N–H and O–H groups in total. The molecular weight excluding hydrogens is 906 g/mol. The molecule has 0 spiro atoms. The summed E-state index contributed by atoms with van der Waals surface area (Å²) in [5, 5.41) is 17.5. The molecule has 1 aliphatic rings. The first-order valence-corrected chi connectivity index (χ1v) is 20.9. The van der Waals surface area contributed by atoms with E-state index in [1.54, 1.807) is 13.8 Å². The number of ketones is 1. The van der Waals surface area contributed by atoms with E-state index < -0.39 is 76.2 Å². The Balaban J connectivity index is 0.000000245.